The Labute approximate surface area is 110 Å². The summed E-state index contributed by atoms with van der Waals surface area (Å²) in [5.41, 5.74) is 3.87. The molecule has 0 fully saturated rings. The zero-order valence-corrected chi connectivity index (χ0v) is 11.9. The van der Waals surface area contributed by atoms with E-state index in [1.807, 2.05) is 0 Å². The molecule has 0 aliphatic carbocycles. The zero-order valence-electron chi connectivity index (χ0n) is 11.9. The molecule has 0 saturated heterocycles. The monoisotopic (exact) mass is 251 g/mol. The molecular weight excluding hydrogens is 226 g/mol. The lowest BCUT2D eigenvalue weighted by molar-refractivity contribution is 0.156. The first-order valence-corrected chi connectivity index (χ1v) is 6.51. The van der Waals surface area contributed by atoms with Gasteiger partial charge in [0.1, 0.15) is 0 Å². The Morgan fingerprint density at radius 1 is 1.28 bits per heavy atom. The van der Waals surface area contributed by atoms with Gasteiger partial charge >= 0.3 is 0 Å². The van der Waals surface area contributed by atoms with Crippen molar-refractivity contribution in [3.05, 3.63) is 34.9 Å². The fourth-order valence-electron chi connectivity index (χ4n) is 1.97. The predicted molar refractivity (Wildman–Crippen MR) is 74.8 cm³/mol. The second-order valence-corrected chi connectivity index (χ2v) is 4.89. The minimum absolute atomic E-state index is 0.0848. The Hall–Kier alpha value is -0.900. The van der Waals surface area contributed by atoms with Crippen molar-refractivity contribution in [3.8, 4) is 0 Å². The smallest absolute Gasteiger partial charge is 0.0585 e. The number of aliphatic hydroxyl groups is 1. The molecule has 0 spiro atoms. The van der Waals surface area contributed by atoms with E-state index in [9.17, 15) is 5.11 Å². The van der Waals surface area contributed by atoms with Crippen molar-refractivity contribution >= 4 is 0 Å². The third-order valence-corrected chi connectivity index (χ3v) is 3.41. The first kappa shape index (κ1) is 15.2. The van der Waals surface area contributed by atoms with Gasteiger partial charge in [0, 0.05) is 25.8 Å². The van der Waals surface area contributed by atoms with E-state index >= 15 is 0 Å². The average molecular weight is 251 g/mol. The van der Waals surface area contributed by atoms with Crippen LogP contribution in [-0.4, -0.2) is 31.5 Å². The third kappa shape index (κ3) is 4.41. The topological polar surface area (TPSA) is 41.5 Å². The average Bonchev–Trinajstić information content (AvgIpc) is 2.37. The minimum atomic E-state index is 0.0848. The largest absolute Gasteiger partial charge is 0.395 e. The predicted octanol–water partition coefficient (Wildman–Crippen LogP) is 2.35. The number of methoxy groups -OCH3 is 1. The molecule has 18 heavy (non-hydrogen) atoms. The quantitative estimate of drug-likeness (QED) is 0.781. The Bertz CT molecular complexity index is 366. The number of benzene rings is 1. The van der Waals surface area contributed by atoms with Crippen molar-refractivity contribution < 1.29 is 9.84 Å². The van der Waals surface area contributed by atoms with E-state index in [2.05, 4.69) is 44.3 Å². The number of hydrogen-bond acceptors (Lipinski definition) is 3. The molecule has 0 amide bonds. The van der Waals surface area contributed by atoms with Gasteiger partial charge in [-0.1, -0.05) is 18.2 Å². The van der Waals surface area contributed by atoms with Crippen molar-refractivity contribution in [3.63, 3.8) is 0 Å². The summed E-state index contributed by atoms with van der Waals surface area (Å²) < 4.78 is 5.05. The van der Waals surface area contributed by atoms with E-state index in [0.717, 1.165) is 6.42 Å². The van der Waals surface area contributed by atoms with E-state index in [1.165, 1.54) is 16.7 Å². The van der Waals surface area contributed by atoms with E-state index in [0.29, 0.717) is 6.61 Å². The molecule has 0 bridgehead atoms. The third-order valence-electron chi connectivity index (χ3n) is 3.41. The van der Waals surface area contributed by atoms with Crippen molar-refractivity contribution in [1.29, 1.82) is 0 Å². The summed E-state index contributed by atoms with van der Waals surface area (Å²) in [4.78, 5) is 0. The summed E-state index contributed by atoms with van der Waals surface area (Å²) in [7, 11) is 1.68. The molecular formula is C15H25NO2. The van der Waals surface area contributed by atoms with Crippen LogP contribution in [0.4, 0.5) is 0 Å². The molecule has 1 aromatic rings. The lowest BCUT2D eigenvalue weighted by Gasteiger charge is -2.22. The van der Waals surface area contributed by atoms with Crippen LogP contribution in [0.2, 0.25) is 0 Å². The lowest BCUT2D eigenvalue weighted by Crippen LogP contribution is -2.35. The van der Waals surface area contributed by atoms with Crippen molar-refractivity contribution in [2.24, 2.45) is 0 Å². The summed E-state index contributed by atoms with van der Waals surface area (Å²) in [6.45, 7) is 7.17. The second kappa shape index (κ2) is 7.52. The Balaban J connectivity index is 2.62. The van der Waals surface area contributed by atoms with E-state index in [1.54, 1.807) is 7.11 Å². The molecule has 2 N–H and O–H groups in total. The summed E-state index contributed by atoms with van der Waals surface area (Å²) in [6.07, 6.45) is 0.822. The van der Waals surface area contributed by atoms with Gasteiger partial charge in [-0.3, -0.25) is 0 Å². The molecule has 0 heterocycles. The van der Waals surface area contributed by atoms with E-state index in [-0.39, 0.29) is 18.7 Å². The SMILES string of the molecule is COCCC(CO)NC(C)c1ccc(C)c(C)c1. The molecule has 3 heteroatoms. The number of ether oxygens (including phenoxy) is 1. The fourth-order valence-corrected chi connectivity index (χ4v) is 1.97. The molecule has 0 radical (unpaired) electrons. The van der Waals surface area contributed by atoms with Crippen LogP contribution in [0.5, 0.6) is 0 Å². The van der Waals surface area contributed by atoms with Gasteiger partial charge < -0.3 is 15.2 Å². The number of hydrogen-bond donors (Lipinski definition) is 2. The van der Waals surface area contributed by atoms with Gasteiger partial charge in [-0.15, -0.1) is 0 Å². The minimum Gasteiger partial charge on any atom is -0.395 e. The van der Waals surface area contributed by atoms with Gasteiger partial charge in [-0.05, 0) is 43.9 Å². The lowest BCUT2D eigenvalue weighted by atomic mass is 10.0. The highest BCUT2D eigenvalue weighted by atomic mass is 16.5. The van der Waals surface area contributed by atoms with Gasteiger partial charge in [0.05, 0.1) is 6.61 Å². The molecule has 0 aliphatic heterocycles. The molecule has 1 rings (SSSR count). The highest BCUT2D eigenvalue weighted by Crippen LogP contribution is 2.17. The zero-order chi connectivity index (χ0) is 13.5. The van der Waals surface area contributed by atoms with Crippen LogP contribution in [0.3, 0.4) is 0 Å². The molecule has 0 aromatic heterocycles. The molecule has 0 aliphatic rings. The van der Waals surface area contributed by atoms with Crippen molar-refractivity contribution in [2.45, 2.75) is 39.3 Å². The highest BCUT2D eigenvalue weighted by Gasteiger charge is 2.12. The van der Waals surface area contributed by atoms with Gasteiger partial charge in [-0.2, -0.15) is 0 Å². The molecule has 2 unspecified atom stereocenters. The first-order chi connectivity index (χ1) is 8.58. The molecule has 2 atom stereocenters. The van der Waals surface area contributed by atoms with Gasteiger partial charge in [0.2, 0.25) is 0 Å². The van der Waals surface area contributed by atoms with E-state index < -0.39 is 0 Å². The van der Waals surface area contributed by atoms with Gasteiger partial charge in [-0.25, -0.2) is 0 Å². The number of nitrogens with one attached hydrogen (secondary N) is 1. The molecule has 102 valence electrons. The van der Waals surface area contributed by atoms with Crippen LogP contribution in [0.1, 0.15) is 36.1 Å². The van der Waals surface area contributed by atoms with Crippen LogP contribution in [0.15, 0.2) is 18.2 Å². The van der Waals surface area contributed by atoms with Crippen LogP contribution in [0, 0.1) is 13.8 Å². The van der Waals surface area contributed by atoms with Crippen molar-refractivity contribution in [1.82, 2.24) is 5.32 Å². The summed E-state index contributed by atoms with van der Waals surface area (Å²) in [5.74, 6) is 0. The maximum Gasteiger partial charge on any atom is 0.0585 e. The molecule has 3 nitrogen and oxygen atoms in total. The highest BCUT2D eigenvalue weighted by molar-refractivity contribution is 5.31. The number of rotatable bonds is 7. The summed E-state index contributed by atoms with van der Waals surface area (Å²) in [6, 6.07) is 6.81. The van der Waals surface area contributed by atoms with Gasteiger partial charge in [0.15, 0.2) is 0 Å². The molecule has 1 aromatic carbocycles. The number of aryl methyl sites for hydroxylation is 2. The second-order valence-electron chi connectivity index (χ2n) is 4.89. The Kier molecular flexibility index (Phi) is 6.33. The fraction of sp³-hybridized carbons (Fsp3) is 0.600. The van der Waals surface area contributed by atoms with Crippen LogP contribution < -0.4 is 5.32 Å². The number of aliphatic hydroxyl groups excluding tert-OH is 1. The van der Waals surface area contributed by atoms with Crippen LogP contribution in [-0.2, 0) is 4.74 Å². The normalized spacial score (nSPS) is 14.5. The maximum atomic E-state index is 9.33. The Morgan fingerprint density at radius 2 is 2.00 bits per heavy atom. The van der Waals surface area contributed by atoms with Crippen LogP contribution in [0.25, 0.3) is 0 Å². The first-order valence-electron chi connectivity index (χ1n) is 6.51. The Morgan fingerprint density at radius 3 is 2.56 bits per heavy atom. The summed E-state index contributed by atoms with van der Waals surface area (Å²) in [5, 5.41) is 12.8. The van der Waals surface area contributed by atoms with Gasteiger partial charge in [0.25, 0.3) is 0 Å². The van der Waals surface area contributed by atoms with Crippen LogP contribution >= 0.6 is 0 Å². The van der Waals surface area contributed by atoms with E-state index in [4.69, 9.17) is 4.74 Å². The molecule has 0 saturated carbocycles. The maximum absolute atomic E-state index is 9.33. The standard InChI is InChI=1S/C15H25NO2/c1-11-5-6-14(9-12(11)2)13(3)16-15(10-17)7-8-18-4/h5-6,9,13,15-17H,7-8,10H2,1-4H3. The van der Waals surface area contributed by atoms with Crippen molar-refractivity contribution in [2.75, 3.05) is 20.3 Å². The summed E-state index contributed by atoms with van der Waals surface area (Å²) >= 11 is 0.